The molecule has 0 spiro atoms. The number of nitrogens with zero attached hydrogens (tertiary/aromatic N) is 1. The summed E-state index contributed by atoms with van der Waals surface area (Å²) in [7, 11) is 0. The molecule has 1 fully saturated rings. The summed E-state index contributed by atoms with van der Waals surface area (Å²) in [5.41, 5.74) is 3.45. The number of benzene rings is 1. The molecule has 0 unspecified atom stereocenters. The van der Waals surface area contributed by atoms with E-state index < -0.39 is 25.0 Å². The topological polar surface area (TPSA) is 57.5 Å². The molecule has 1 heterocycles. The zero-order chi connectivity index (χ0) is 20.3. The molecule has 28 heavy (non-hydrogen) atoms. The van der Waals surface area contributed by atoms with Crippen LogP contribution < -0.4 is 4.74 Å². The van der Waals surface area contributed by atoms with Crippen LogP contribution in [0.15, 0.2) is 36.4 Å². The van der Waals surface area contributed by atoms with Crippen molar-refractivity contribution in [2.45, 2.75) is 39.3 Å². The Balaban J connectivity index is 1.53. The van der Waals surface area contributed by atoms with E-state index >= 15 is 0 Å². The fraction of sp³-hybridized carbons (Fsp3) is 0.333. The highest BCUT2D eigenvalue weighted by Gasteiger charge is 2.26. The molecule has 5 nitrogen and oxygen atoms in total. The van der Waals surface area contributed by atoms with Crippen molar-refractivity contribution in [3.63, 3.8) is 0 Å². The van der Waals surface area contributed by atoms with E-state index in [2.05, 4.69) is 9.30 Å². The van der Waals surface area contributed by atoms with E-state index in [1.165, 1.54) is 43.2 Å². The molecule has 7 heteroatoms. The highest BCUT2D eigenvalue weighted by atomic mass is 19.3. The van der Waals surface area contributed by atoms with Crippen molar-refractivity contribution in [2.24, 2.45) is 0 Å². The van der Waals surface area contributed by atoms with E-state index in [0.717, 1.165) is 17.0 Å². The molecule has 1 aromatic carbocycles. The van der Waals surface area contributed by atoms with Crippen LogP contribution in [0, 0.1) is 13.8 Å². The molecule has 2 aromatic rings. The van der Waals surface area contributed by atoms with Gasteiger partial charge in [0.25, 0.3) is 0 Å². The maximum Gasteiger partial charge on any atom is 0.387 e. The molecule has 0 bridgehead atoms. The van der Waals surface area contributed by atoms with Gasteiger partial charge in [0.2, 0.25) is 0 Å². The molecule has 1 aliphatic carbocycles. The third-order valence-corrected chi connectivity index (χ3v) is 4.58. The lowest BCUT2D eigenvalue weighted by atomic mass is 10.1. The minimum absolute atomic E-state index is 0.0460. The van der Waals surface area contributed by atoms with Crippen LogP contribution >= 0.6 is 0 Å². The second-order valence-corrected chi connectivity index (χ2v) is 6.69. The fourth-order valence-corrected chi connectivity index (χ4v) is 3.11. The first kappa shape index (κ1) is 19.8. The Morgan fingerprint density at radius 3 is 2.50 bits per heavy atom. The van der Waals surface area contributed by atoms with E-state index in [9.17, 15) is 18.4 Å². The molecule has 1 saturated carbocycles. The van der Waals surface area contributed by atoms with Crippen LogP contribution in [0.2, 0.25) is 0 Å². The summed E-state index contributed by atoms with van der Waals surface area (Å²) in [6.45, 7) is 0.695. The summed E-state index contributed by atoms with van der Waals surface area (Å²) in [6, 6.07) is 7.79. The maximum absolute atomic E-state index is 12.1. The van der Waals surface area contributed by atoms with Crippen molar-refractivity contribution in [1.82, 2.24) is 4.57 Å². The van der Waals surface area contributed by atoms with Gasteiger partial charge >= 0.3 is 12.6 Å². The van der Waals surface area contributed by atoms with Gasteiger partial charge in [-0.15, -0.1) is 0 Å². The number of ketones is 1. The Bertz CT molecular complexity index is 896. The van der Waals surface area contributed by atoms with Gasteiger partial charge in [-0.05, 0) is 68.7 Å². The zero-order valence-corrected chi connectivity index (χ0v) is 15.7. The van der Waals surface area contributed by atoms with Gasteiger partial charge in [0.15, 0.2) is 12.4 Å². The van der Waals surface area contributed by atoms with Crippen molar-refractivity contribution in [2.75, 3.05) is 6.61 Å². The Morgan fingerprint density at radius 1 is 1.21 bits per heavy atom. The first-order valence-corrected chi connectivity index (χ1v) is 8.96. The number of ether oxygens (including phenoxy) is 2. The van der Waals surface area contributed by atoms with Crippen molar-refractivity contribution < 1.29 is 27.8 Å². The standard InChI is InChI=1S/C21H21F2NO4/c1-13-11-16(14(2)24(13)17-6-7-17)5-10-20(26)27-12-19(25)15-3-8-18(9-4-15)28-21(22)23/h3-5,8-11,17,21H,6-7,12H2,1-2H3/b10-5+. The number of aryl methyl sites for hydroxylation is 1. The minimum Gasteiger partial charge on any atom is -0.454 e. The van der Waals surface area contributed by atoms with Gasteiger partial charge in [0, 0.05) is 29.1 Å². The quantitative estimate of drug-likeness (QED) is 0.379. The number of Topliss-reactive ketones (excluding diaryl/α,β-unsaturated/α-hetero) is 1. The van der Waals surface area contributed by atoms with Crippen molar-refractivity contribution in [1.29, 1.82) is 0 Å². The Morgan fingerprint density at radius 2 is 1.89 bits per heavy atom. The molecule has 1 aromatic heterocycles. The maximum atomic E-state index is 12.1. The molecule has 3 rings (SSSR count). The predicted octanol–water partition coefficient (Wildman–Crippen LogP) is 4.48. The largest absolute Gasteiger partial charge is 0.454 e. The number of carbonyl (C=O) groups excluding carboxylic acids is 2. The van der Waals surface area contributed by atoms with Gasteiger partial charge in [-0.2, -0.15) is 8.78 Å². The molecule has 0 aliphatic heterocycles. The lowest BCUT2D eigenvalue weighted by Crippen LogP contribution is -2.12. The van der Waals surface area contributed by atoms with Crippen LogP contribution in [0.1, 0.15) is 46.2 Å². The number of carbonyl (C=O) groups is 2. The molecule has 0 atom stereocenters. The summed E-state index contributed by atoms with van der Waals surface area (Å²) < 4.78 is 35.7. The molecular weight excluding hydrogens is 368 g/mol. The zero-order valence-electron chi connectivity index (χ0n) is 15.7. The van der Waals surface area contributed by atoms with E-state index in [1.54, 1.807) is 6.08 Å². The summed E-state index contributed by atoms with van der Waals surface area (Å²) in [5, 5.41) is 0. The van der Waals surface area contributed by atoms with Crippen LogP contribution in [0.4, 0.5) is 8.78 Å². The molecule has 0 N–H and O–H groups in total. The second kappa shape index (κ2) is 8.37. The highest BCUT2D eigenvalue weighted by molar-refractivity contribution is 5.99. The summed E-state index contributed by atoms with van der Waals surface area (Å²) in [6.07, 6.45) is 5.34. The second-order valence-electron chi connectivity index (χ2n) is 6.69. The molecule has 0 radical (unpaired) electrons. The van der Waals surface area contributed by atoms with E-state index in [4.69, 9.17) is 4.74 Å². The predicted molar refractivity (Wildman–Crippen MR) is 99.6 cm³/mol. The number of esters is 1. The Hall–Kier alpha value is -2.96. The van der Waals surface area contributed by atoms with Gasteiger partial charge in [-0.25, -0.2) is 4.79 Å². The van der Waals surface area contributed by atoms with Crippen molar-refractivity contribution >= 4 is 17.8 Å². The average Bonchev–Trinajstić information content (AvgIpc) is 3.43. The Kier molecular flexibility index (Phi) is 5.92. The molecule has 1 aliphatic rings. The highest BCUT2D eigenvalue weighted by Crippen LogP contribution is 2.38. The number of halogens is 2. The van der Waals surface area contributed by atoms with E-state index in [1.807, 2.05) is 19.9 Å². The SMILES string of the molecule is Cc1cc(/C=C/C(=O)OCC(=O)c2ccc(OC(F)F)cc2)c(C)n1C1CC1. The summed E-state index contributed by atoms with van der Waals surface area (Å²) >= 11 is 0. The van der Waals surface area contributed by atoms with Crippen LogP contribution in [0.3, 0.4) is 0 Å². The van der Waals surface area contributed by atoms with E-state index in [0.29, 0.717) is 6.04 Å². The normalized spacial score (nSPS) is 13.9. The Labute approximate surface area is 161 Å². The summed E-state index contributed by atoms with van der Waals surface area (Å²) in [5.74, 6) is -1.10. The number of aromatic nitrogens is 1. The third-order valence-electron chi connectivity index (χ3n) is 4.58. The molecule has 0 saturated heterocycles. The monoisotopic (exact) mass is 389 g/mol. The van der Waals surface area contributed by atoms with Gasteiger partial charge in [0.1, 0.15) is 5.75 Å². The van der Waals surface area contributed by atoms with Gasteiger partial charge in [-0.3, -0.25) is 4.79 Å². The van der Waals surface area contributed by atoms with Crippen LogP contribution in [0.25, 0.3) is 6.08 Å². The summed E-state index contributed by atoms with van der Waals surface area (Å²) in [4.78, 5) is 24.0. The van der Waals surface area contributed by atoms with Gasteiger partial charge < -0.3 is 14.0 Å². The fourth-order valence-electron chi connectivity index (χ4n) is 3.11. The minimum atomic E-state index is -2.93. The molecular formula is C21H21F2NO4. The number of rotatable bonds is 8. The molecule has 0 amide bonds. The lowest BCUT2D eigenvalue weighted by molar-refractivity contribution is -0.136. The smallest absolute Gasteiger partial charge is 0.387 e. The van der Waals surface area contributed by atoms with E-state index in [-0.39, 0.29) is 11.3 Å². The van der Waals surface area contributed by atoms with Gasteiger partial charge in [0.05, 0.1) is 0 Å². The van der Waals surface area contributed by atoms with Crippen molar-refractivity contribution in [3.8, 4) is 5.75 Å². The molecule has 148 valence electrons. The van der Waals surface area contributed by atoms with Gasteiger partial charge in [-0.1, -0.05) is 0 Å². The van der Waals surface area contributed by atoms with Crippen LogP contribution in [-0.4, -0.2) is 29.5 Å². The third kappa shape index (κ3) is 4.85. The first-order chi connectivity index (χ1) is 13.3. The first-order valence-electron chi connectivity index (χ1n) is 8.96. The number of alkyl halides is 2. The lowest BCUT2D eigenvalue weighted by Gasteiger charge is -2.06. The number of hydrogen-bond acceptors (Lipinski definition) is 4. The van der Waals surface area contributed by atoms with Crippen molar-refractivity contribution in [3.05, 3.63) is 58.9 Å². The average molecular weight is 389 g/mol. The van der Waals surface area contributed by atoms with Crippen LogP contribution in [0.5, 0.6) is 5.75 Å². The number of hydrogen-bond donors (Lipinski definition) is 0. The van der Waals surface area contributed by atoms with Crippen LogP contribution in [-0.2, 0) is 9.53 Å².